The molecule has 1 atom stereocenters. The molecule has 0 fully saturated rings. The SMILES string of the molecule is CCC(CC#N)NC(=O)CCc1ccc(N)cc1. The second-order valence-corrected chi connectivity index (χ2v) is 4.28. The molecule has 0 aliphatic rings. The van der Waals surface area contributed by atoms with Crippen LogP contribution in [0.5, 0.6) is 0 Å². The molecule has 96 valence electrons. The fourth-order valence-electron chi connectivity index (χ4n) is 1.65. The first kappa shape index (κ1) is 14.0. The van der Waals surface area contributed by atoms with Crippen LogP contribution in [0.4, 0.5) is 5.69 Å². The van der Waals surface area contributed by atoms with E-state index < -0.39 is 0 Å². The number of hydrogen-bond donors (Lipinski definition) is 2. The van der Waals surface area contributed by atoms with Crippen molar-refractivity contribution in [1.82, 2.24) is 5.32 Å². The standard InChI is InChI=1S/C14H19N3O/c1-2-13(9-10-15)17-14(18)8-5-11-3-6-12(16)7-4-11/h3-4,6-7,13H,2,5,8-9,16H2,1H3,(H,17,18). The molecule has 1 aromatic rings. The lowest BCUT2D eigenvalue weighted by molar-refractivity contribution is -0.121. The van der Waals surface area contributed by atoms with Crippen LogP contribution in [0.25, 0.3) is 0 Å². The third-order valence-corrected chi connectivity index (χ3v) is 2.82. The summed E-state index contributed by atoms with van der Waals surface area (Å²) in [5, 5.41) is 11.5. The van der Waals surface area contributed by atoms with E-state index in [-0.39, 0.29) is 11.9 Å². The number of nitrogen functional groups attached to an aromatic ring is 1. The van der Waals surface area contributed by atoms with Gasteiger partial charge in [-0.15, -0.1) is 0 Å². The summed E-state index contributed by atoms with van der Waals surface area (Å²) >= 11 is 0. The minimum atomic E-state index is -0.0334. The number of nitrogens with one attached hydrogen (secondary N) is 1. The molecule has 3 N–H and O–H groups in total. The predicted molar refractivity (Wildman–Crippen MR) is 71.6 cm³/mol. The molecule has 0 spiro atoms. The van der Waals surface area contributed by atoms with Crippen molar-refractivity contribution in [2.45, 2.75) is 38.6 Å². The molecule has 1 amide bonds. The van der Waals surface area contributed by atoms with Gasteiger partial charge in [0.15, 0.2) is 0 Å². The van der Waals surface area contributed by atoms with E-state index in [4.69, 9.17) is 11.0 Å². The van der Waals surface area contributed by atoms with Gasteiger partial charge in [0.25, 0.3) is 0 Å². The van der Waals surface area contributed by atoms with E-state index in [2.05, 4.69) is 11.4 Å². The third-order valence-electron chi connectivity index (χ3n) is 2.82. The van der Waals surface area contributed by atoms with Crippen LogP contribution in [0.2, 0.25) is 0 Å². The van der Waals surface area contributed by atoms with E-state index in [1.165, 1.54) is 0 Å². The highest BCUT2D eigenvalue weighted by atomic mass is 16.1. The first-order valence-corrected chi connectivity index (χ1v) is 6.16. The average Bonchev–Trinajstić information content (AvgIpc) is 2.37. The Morgan fingerprint density at radius 1 is 1.44 bits per heavy atom. The van der Waals surface area contributed by atoms with Gasteiger partial charge < -0.3 is 11.1 Å². The zero-order chi connectivity index (χ0) is 13.4. The lowest BCUT2D eigenvalue weighted by Gasteiger charge is -2.13. The number of rotatable bonds is 6. The van der Waals surface area contributed by atoms with Crippen molar-refractivity contribution in [3.8, 4) is 6.07 Å². The van der Waals surface area contributed by atoms with Crippen LogP contribution in [-0.2, 0) is 11.2 Å². The van der Waals surface area contributed by atoms with Gasteiger partial charge in [-0.25, -0.2) is 0 Å². The molecule has 0 heterocycles. The van der Waals surface area contributed by atoms with Crippen molar-refractivity contribution in [3.05, 3.63) is 29.8 Å². The van der Waals surface area contributed by atoms with Crippen LogP contribution < -0.4 is 11.1 Å². The molecule has 4 nitrogen and oxygen atoms in total. The Labute approximate surface area is 108 Å². The van der Waals surface area contributed by atoms with Gasteiger partial charge in [0.1, 0.15) is 0 Å². The molecule has 1 unspecified atom stereocenters. The summed E-state index contributed by atoms with van der Waals surface area (Å²) in [6, 6.07) is 9.56. The van der Waals surface area contributed by atoms with E-state index >= 15 is 0 Å². The number of nitrogens with two attached hydrogens (primary N) is 1. The number of anilines is 1. The van der Waals surface area contributed by atoms with Crippen LogP contribution in [0.1, 0.15) is 31.7 Å². The number of nitrogens with zero attached hydrogens (tertiary/aromatic N) is 1. The maximum absolute atomic E-state index is 11.7. The molecule has 0 radical (unpaired) electrons. The highest BCUT2D eigenvalue weighted by Crippen LogP contribution is 2.08. The molecule has 0 aromatic heterocycles. The third kappa shape index (κ3) is 4.88. The Kier molecular flexibility index (Phi) is 5.72. The maximum Gasteiger partial charge on any atom is 0.220 e. The van der Waals surface area contributed by atoms with Crippen molar-refractivity contribution in [2.24, 2.45) is 0 Å². The molecule has 18 heavy (non-hydrogen) atoms. The van der Waals surface area contributed by atoms with Gasteiger partial charge >= 0.3 is 0 Å². The number of amides is 1. The molecule has 0 saturated carbocycles. The van der Waals surface area contributed by atoms with E-state index in [0.29, 0.717) is 19.3 Å². The van der Waals surface area contributed by atoms with Gasteiger partial charge in [0.2, 0.25) is 5.91 Å². The fourth-order valence-corrected chi connectivity index (χ4v) is 1.65. The number of carbonyl (C=O) groups excluding carboxylic acids is 1. The van der Waals surface area contributed by atoms with Crippen LogP contribution in [-0.4, -0.2) is 11.9 Å². The van der Waals surface area contributed by atoms with Crippen LogP contribution in [0.3, 0.4) is 0 Å². The molecule has 0 aliphatic carbocycles. The number of hydrogen-bond acceptors (Lipinski definition) is 3. The van der Waals surface area contributed by atoms with Crippen molar-refractivity contribution in [3.63, 3.8) is 0 Å². The normalized spacial score (nSPS) is 11.6. The Hall–Kier alpha value is -2.02. The van der Waals surface area contributed by atoms with Gasteiger partial charge in [0.05, 0.1) is 12.5 Å². The van der Waals surface area contributed by atoms with E-state index in [1.807, 2.05) is 31.2 Å². The predicted octanol–water partition coefficient (Wildman–Crippen LogP) is 2.01. The van der Waals surface area contributed by atoms with Gasteiger partial charge in [-0.1, -0.05) is 19.1 Å². The van der Waals surface area contributed by atoms with Gasteiger partial charge in [0, 0.05) is 18.2 Å². The van der Waals surface area contributed by atoms with Crippen LogP contribution in [0.15, 0.2) is 24.3 Å². The summed E-state index contributed by atoms with van der Waals surface area (Å²) in [6.45, 7) is 1.96. The molecule has 0 bridgehead atoms. The average molecular weight is 245 g/mol. The number of nitriles is 1. The lowest BCUT2D eigenvalue weighted by atomic mass is 10.1. The van der Waals surface area contributed by atoms with Gasteiger partial charge in [-0.2, -0.15) is 5.26 Å². The van der Waals surface area contributed by atoms with E-state index in [1.54, 1.807) is 0 Å². The zero-order valence-electron chi connectivity index (χ0n) is 10.6. The Bertz CT molecular complexity index is 420. The fraction of sp³-hybridized carbons (Fsp3) is 0.429. The Morgan fingerprint density at radius 2 is 2.11 bits per heavy atom. The molecule has 1 aromatic carbocycles. The summed E-state index contributed by atoms with van der Waals surface area (Å²) in [5.41, 5.74) is 7.41. The highest BCUT2D eigenvalue weighted by molar-refractivity contribution is 5.76. The summed E-state index contributed by atoms with van der Waals surface area (Å²) in [4.78, 5) is 11.7. The minimum absolute atomic E-state index is 0.00562. The monoisotopic (exact) mass is 245 g/mol. The lowest BCUT2D eigenvalue weighted by Crippen LogP contribution is -2.34. The minimum Gasteiger partial charge on any atom is -0.399 e. The Morgan fingerprint density at radius 3 is 2.67 bits per heavy atom. The number of aryl methyl sites for hydroxylation is 1. The highest BCUT2D eigenvalue weighted by Gasteiger charge is 2.09. The first-order chi connectivity index (χ1) is 8.65. The molecule has 4 heteroatoms. The van der Waals surface area contributed by atoms with Gasteiger partial charge in [-0.05, 0) is 30.5 Å². The van der Waals surface area contributed by atoms with Crippen LogP contribution >= 0.6 is 0 Å². The Balaban J connectivity index is 2.37. The quantitative estimate of drug-likeness (QED) is 0.752. The summed E-state index contributed by atoms with van der Waals surface area (Å²) in [6.07, 6.45) is 2.27. The molecular weight excluding hydrogens is 226 g/mol. The largest absolute Gasteiger partial charge is 0.399 e. The maximum atomic E-state index is 11.7. The molecule has 1 rings (SSSR count). The second-order valence-electron chi connectivity index (χ2n) is 4.28. The number of carbonyl (C=O) groups is 1. The molecule has 0 aliphatic heterocycles. The summed E-state index contributed by atoms with van der Waals surface area (Å²) < 4.78 is 0. The zero-order valence-corrected chi connectivity index (χ0v) is 10.6. The van der Waals surface area contributed by atoms with Crippen molar-refractivity contribution in [1.29, 1.82) is 5.26 Å². The van der Waals surface area contributed by atoms with E-state index in [9.17, 15) is 4.79 Å². The van der Waals surface area contributed by atoms with Crippen molar-refractivity contribution in [2.75, 3.05) is 5.73 Å². The first-order valence-electron chi connectivity index (χ1n) is 6.16. The van der Waals surface area contributed by atoms with Crippen LogP contribution in [0, 0.1) is 11.3 Å². The topological polar surface area (TPSA) is 78.9 Å². The van der Waals surface area contributed by atoms with E-state index in [0.717, 1.165) is 17.7 Å². The summed E-state index contributed by atoms with van der Waals surface area (Å²) in [5.74, 6) is -0.00562. The van der Waals surface area contributed by atoms with Crippen molar-refractivity contribution >= 4 is 11.6 Å². The smallest absolute Gasteiger partial charge is 0.220 e. The summed E-state index contributed by atoms with van der Waals surface area (Å²) in [7, 11) is 0. The molecular formula is C14H19N3O. The second kappa shape index (κ2) is 7.33. The van der Waals surface area contributed by atoms with Gasteiger partial charge in [-0.3, -0.25) is 4.79 Å². The number of benzene rings is 1. The molecule has 0 saturated heterocycles. The van der Waals surface area contributed by atoms with Crippen molar-refractivity contribution < 1.29 is 4.79 Å².